The number of nitrogens with zero attached hydrogens (tertiary/aromatic N) is 2. The van der Waals surface area contributed by atoms with Gasteiger partial charge in [0, 0.05) is 26.7 Å². The molecular formula is C18H26FN3O2. The summed E-state index contributed by atoms with van der Waals surface area (Å²) in [5.41, 5.74) is 1.08. The number of halogens is 1. The quantitative estimate of drug-likeness (QED) is 0.509. The minimum Gasteiger partial charge on any atom is -0.466 e. The number of rotatable bonds is 5. The lowest BCUT2D eigenvalue weighted by Crippen LogP contribution is -2.47. The van der Waals surface area contributed by atoms with Crippen molar-refractivity contribution in [1.82, 2.24) is 10.2 Å². The van der Waals surface area contributed by atoms with Crippen LogP contribution in [-0.4, -0.2) is 50.1 Å². The molecule has 2 rings (SSSR count). The zero-order valence-electron chi connectivity index (χ0n) is 14.4. The molecule has 5 nitrogen and oxygen atoms in total. The SMILES string of the molecule is CCOC(=O)C1CCN(C(=NC)NCCc2ccc(F)cc2)CC1. The first-order valence-electron chi connectivity index (χ1n) is 8.50. The van der Waals surface area contributed by atoms with E-state index in [0.717, 1.165) is 50.4 Å². The van der Waals surface area contributed by atoms with Gasteiger partial charge in [-0.25, -0.2) is 4.39 Å². The molecule has 0 spiro atoms. The molecule has 0 unspecified atom stereocenters. The van der Waals surface area contributed by atoms with E-state index in [9.17, 15) is 9.18 Å². The first kappa shape index (κ1) is 18.2. The van der Waals surface area contributed by atoms with E-state index >= 15 is 0 Å². The van der Waals surface area contributed by atoms with Gasteiger partial charge in [-0.3, -0.25) is 9.79 Å². The van der Waals surface area contributed by atoms with Crippen LogP contribution >= 0.6 is 0 Å². The van der Waals surface area contributed by atoms with Gasteiger partial charge < -0.3 is 15.0 Å². The van der Waals surface area contributed by atoms with Crippen molar-refractivity contribution in [1.29, 1.82) is 0 Å². The third-order valence-corrected chi connectivity index (χ3v) is 4.24. The minimum absolute atomic E-state index is 0.00137. The van der Waals surface area contributed by atoms with Gasteiger partial charge in [0.25, 0.3) is 0 Å². The van der Waals surface area contributed by atoms with Crippen LogP contribution in [-0.2, 0) is 16.0 Å². The summed E-state index contributed by atoms with van der Waals surface area (Å²) >= 11 is 0. The Morgan fingerprint density at radius 3 is 2.58 bits per heavy atom. The molecule has 1 aliphatic heterocycles. The molecule has 1 fully saturated rings. The molecule has 1 N–H and O–H groups in total. The first-order chi connectivity index (χ1) is 11.6. The zero-order valence-corrected chi connectivity index (χ0v) is 14.4. The van der Waals surface area contributed by atoms with Crippen molar-refractivity contribution in [2.75, 3.05) is 33.3 Å². The lowest BCUT2D eigenvalue weighted by atomic mass is 9.97. The van der Waals surface area contributed by atoms with Crippen molar-refractivity contribution < 1.29 is 13.9 Å². The molecule has 1 saturated heterocycles. The molecule has 1 aromatic carbocycles. The molecule has 0 bridgehead atoms. The number of nitrogens with one attached hydrogen (secondary N) is 1. The van der Waals surface area contributed by atoms with Crippen molar-refractivity contribution in [3.8, 4) is 0 Å². The number of esters is 1. The number of likely N-dealkylation sites (tertiary alicyclic amines) is 1. The van der Waals surface area contributed by atoms with Crippen molar-refractivity contribution >= 4 is 11.9 Å². The first-order valence-corrected chi connectivity index (χ1v) is 8.50. The summed E-state index contributed by atoms with van der Waals surface area (Å²) < 4.78 is 18.0. The van der Waals surface area contributed by atoms with Crippen LogP contribution in [0.2, 0.25) is 0 Å². The highest BCUT2D eigenvalue weighted by Crippen LogP contribution is 2.18. The Bertz CT molecular complexity index is 552. The van der Waals surface area contributed by atoms with Gasteiger partial charge in [-0.1, -0.05) is 12.1 Å². The molecule has 0 radical (unpaired) electrons. The Balaban J connectivity index is 1.76. The Morgan fingerprint density at radius 2 is 2.00 bits per heavy atom. The second-order valence-corrected chi connectivity index (χ2v) is 5.86. The zero-order chi connectivity index (χ0) is 17.4. The number of benzene rings is 1. The molecule has 1 heterocycles. The summed E-state index contributed by atoms with van der Waals surface area (Å²) in [4.78, 5) is 18.3. The molecule has 0 atom stereocenters. The highest BCUT2D eigenvalue weighted by Gasteiger charge is 2.27. The second kappa shape index (κ2) is 9.25. The maximum absolute atomic E-state index is 12.9. The van der Waals surface area contributed by atoms with Gasteiger partial charge in [0.15, 0.2) is 5.96 Å². The number of carbonyl (C=O) groups is 1. The van der Waals surface area contributed by atoms with Crippen LogP contribution in [0, 0.1) is 11.7 Å². The second-order valence-electron chi connectivity index (χ2n) is 5.86. The third-order valence-electron chi connectivity index (χ3n) is 4.24. The van der Waals surface area contributed by atoms with Crippen molar-refractivity contribution in [2.24, 2.45) is 10.9 Å². The average molecular weight is 335 g/mol. The summed E-state index contributed by atoms with van der Waals surface area (Å²) in [6.07, 6.45) is 2.38. The topological polar surface area (TPSA) is 53.9 Å². The van der Waals surface area contributed by atoms with E-state index in [1.165, 1.54) is 12.1 Å². The predicted molar refractivity (Wildman–Crippen MR) is 92.4 cm³/mol. The number of piperidine rings is 1. The van der Waals surface area contributed by atoms with Crippen LogP contribution in [0.3, 0.4) is 0 Å². The van der Waals surface area contributed by atoms with Crippen LogP contribution in [0.4, 0.5) is 4.39 Å². The standard InChI is InChI=1S/C18H26FN3O2/c1-3-24-17(23)15-9-12-22(13-10-15)18(20-2)21-11-8-14-4-6-16(19)7-5-14/h4-7,15H,3,8-13H2,1-2H3,(H,20,21). The molecule has 0 aromatic heterocycles. The molecule has 1 aromatic rings. The molecule has 132 valence electrons. The van der Waals surface area contributed by atoms with Crippen LogP contribution in [0.25, 0.3) is 0 Å². The monoisotopic (exact) mass is 335 g/mol. The van der Waals surface area contributed by atoms with E-state index in [1.807, 2.05) is 6.92 Å². The smallest absolute Gasteiger partial charge is 0.309 e. The summed E-state index contributed by atoms with van der Waals surface area (Å²) in [7, 11) is 1.76. The van der Waals surface area contributed by atoms with Crippen molar-refractivity contribution in [3.05, 3.63) is 35.6 Å². The Morgan fingerprint density at radius 1 is 1.33 bits per heavy atom. The number of carbonyl (C=O) groups excluding carboxylic acids is 1. The molecule has 0 saturated carbocycles. The van der Waals surface area contributed by atoms with Gasteiger partial charge >= 0.3 is 5.97 Å². The fraction of sp³-hybridized carbons (Fsp3) is 0.556. The number of ether oxygens (including phenoxy) is 1. The lowest BCUT2D eigenvalue weighted by molar-refractivity contribution is -0.149. The van der Waals surface area contributed by atoms with Crippen molar-refractivity contribution in [3.63, 3.8) is 0 Å². The maximum atomic E-state index is 12.9. The van der Waals surface area contributed by atoms with Gasteiger partial charge in [0.05, 0.1) is 12.5 Å². The number of hydrogen-bond acceptors (Lipinski definition) is 3. The Kier molecular flexibility index (Phi) is 7.03. The van der Waals surface area contributed by atoms with E-state index in [0.29, 0.717) is 6.61 Å². The maximum Gasteiger partial charge on any atom is 0.309 e. The largest absolute Gasteiger partial charge is 0.466 e. The van der Waals surface area contributed by atoms with Crippen LogP contribution in [0.1, 0.15) is 25.3 Å². The third kappa shape index (κ3) is 5.22. The molecule has 1 aliphatic rings. The Hall–Kier alpha value is -2.11. The normalized spacial score (nSPS) is 16.1. The van der Waals surface area contributed by atoms with Crippen molar-refractivity contribution in [2.45, 2.75) is 26.2 Å². The Labute approximate surface area is 142 Å². The number of guanidine groups is 1. The van der Waals surface area contributed by atoms with E-state index < -0.39 is 0 Å². The van der Waals surface area contributed by atoms with E-state index in [2.05, 4.69) is 15.2 Å². The van der Waals surface area contributed by atoms with Crippen LogP contribution in [0.15, 0.2) is 29.3 Å². The highest BCUT2D eigenvalue weighted by atomic mass is 19.1. The lowest BCUT2D eigenvalue weighted by Gasteiger charge is -2.33. The fourth-order valence-electron chi connectivity index (χ4n) is 2.89. The minimum atomic E-state index is -0.216. The van der Waals surface area contributed by atoms with Gasteiger partial charge in [-0.05, 0) is 43.9 Å². The summed E-state index contributed by atoms with van der Waals surface area (Å²) in [6.45, 7) is 4.58. The molecule has 24 heavy (non-hydrogen) atoms. The number of aliphatic imine (C=N–C) groups is 1. The van der Waals surface area contributed by atoms with Gasteiger partial charge in [-0.2, -0.15) is 0 Å². The average Bonchev–Trinajstić information content (AvgIpc) is 2.61. The summed E-state index contributed by atoms with van der Waals surface area (Å²) in [6, 6.07) is 6.55. The summed E-state index contributed by atoms with van der Waals surface area (Å²) in [5.74, 6) is 0.543. The molecule has 0 amide bonds. The molecule has 6 heteroatoms. The predicted octanol–water partition coefficient (Wildman–Crippen LogP) is 2.22. The van der Waals surface area contributed by atoms with Gasteiger partial charge in [0.1, 0.15) is 5.82 Å². The van der Waals surface area contributed by atoms with Gasteiger partial charge in [-0.15, -0.1) is 0 Å². The van der Waals surface area contributed by atoms with E-state index in [4.69, 9.17) is 4.74 Å². The van der Waals surface area contributed by atoms with E-state index in [1.54, 1.807) is 19.2 Å². The number of hydrogen-bond donors (Lipinski definition) is 1. The molecular weight excluding hydrogens is 309 g/mol. The fourth-order valence-corrected chi connectivity index (χ4v) is 2.89. The highest BCUT2D eigenvalue weighted by molar-refractivity contribution is 5.80. The van der Waals surface area contributed by atoms with Crippen LogP contribution in [0.5, 0.6) is 0 Å². The molecule has 0 aliphatic carbocycles. The van der Waals surface area contributed by atoms with E-state index in [-0.39, 0.29) is 17.7 Å². The van der Waals surface area contributed by atoms with Gasteiger partial charge in [0.2, 0.25) is 0 Å². The van der Waals surface area contributed by atoms with Crippen LogP contribution < -0.4 is 5.32 Å². The summed E-state index contributed by atoms with van der Waals surface area (Å²) in [5, 5.41) is 3.34.